The Hall–Kier alpha value is -1.79. The van der Waals surface area contributed by atoms with Crippen LogP contribution in [0.4, 0.5) is 13.2 Å². The van der Waals surface area contributed by atoms with Crippen molar-refractivity contribution in [1.82, 2.24) is 5.32 Å². The molecule has 0 aromatic rings. The van der Waals surface area contributed by atoms with Crippen molar-refractivity contribution in [2.75, 3.05) is 0 Å². The summed E-state index contributed by atoms with van der Waals surface area (Å²) in [6.07, 6.45) is -0.726. The summed E-state index contributed by atoms with van der Waals surface area (Å²) in [5, 5.41) is 1.66. The Bertz CT molecular complexity index is 422. The Balaban J connectivity index is 5.19. The Morgan fingerprint density at radius 1 is 1.24 bits per heavy atom. The highest BCUT2D eigenvalue weighted by atomic mass is 19.4. The summed E-state index contributed by atoms with van der Waals surface area (Å²) in [5.74, 6) is -3.80. The molecule has 0 aromatic carbocycles. The second-order valence-corrected chi connectivity index (χ2v) is 5.46. The molecular formula is C14H20F3NO3. The van der Waals surface area contributed by atoms with Crippen molar-refractivity contribution in [3.8, 4) is 0 Å². The normalized spacial score (nSPS) is 15.4. The number of carbonyl (C=O) groups excluding carboxylic acids is 2. The summed E-state index contributed by atoms with van der Waals surface area (Å²) in [5.41, 5.74) is -0.875. The average Bonchev–Trinajstić information content (AvgIpc) is 2.28. The summed E-state index contributed by atoms with van der Waals surface area (Å²) in [6.45, 7) is 9.66. The second kappa shape index (κ2) is 7.28. The first-order valence-corrected chi connectivity index (χ1v) is 6.28. The van der Waals surface area contributed by atoms with Crippen molar-refractivity contribution in [1.29, 1.82) is 0 Å². The van der Waals surface area contributed by atoms with Crippen LogP contribution in [0.25, 0.3) is 0 Å². The second-order valence-electron chi connectivity index (χ2n) is 5.46. The zero-order chi connectivity index (χ0) is 16.8. The van der Waals surface area contributed by atoms with Crippen LogP contribution in [0.5, 0.6) is 0 Å². The first-order valence-electron chi connectivity index (χ1n) is 6.28. The van der Waals surface area contributed by atoms with Crippen LogP contribution in [0, 0.1) is 5.92 Å². The van der Waals surface area contributed by atoms with Crippen molar-refractivity contribution in [2.24, 2.45) is 5.92 Å². The number of allylic oxidation sites excluding steroid dienone is 2. The Morgan fingerprint density at radius 3 is 2.14 bits per heavy atom. The Labute approximate surface area is 122 Å². The number of hydrogen-bond acceptors (Lipinski definition) is 3. The van der Waals surface area contributed by atoms with Crippen LogP contribution in [0.2, 0.25) is 0 Å². The molecule has 0 aliphatic rings. The molecule has 120 valence electrons. The van der Waals surface area contributed by atoms with Gasteiger partial charge in [0.1, 0.15) is 11.6 Å². The van der Waals surface area contributed by atoms with Gasteiger partial charge in [-0.1, -0.05) is 31.7 Å². The predicted molar refractivity (Wildman–Crippen MR) is 72.3 cm³/mol. The third-order valence-corrected chi connectivity index (χ3v) is 2.28. The molecular weight excluding hydrogens is 287 g/mol. The molecule has 21 heavy (non-hydrogen) atoms. The van der Waals surface area contributed by atoms with Crippen LogP contribution in [0.1, 0.15) is 27.7 Å². The van der Waals surface area contributed by atoms with Gasteiger partial charge in [-0.15, -0.1) is 0 Å². The van der Waals surface area contributed by atoms with Crippen LogP contribution < -0.4 is 5.32 Å². The van der Waals surface area contributed by atoms with E-state index in [2.05, 4.69) is 6.58 Å². The fourth-order valence-electron chi connectivity index (χ4n) is 1.36. The zero-order valence-electron chi connectivity index (χ0n) is 12.5. The smallest absolute Gasteiger partial charge is 0.458 e. The van der Waals surface area contributed by atoms with Crippen molar-refractivity contribution < 1.29 is 27.5 Å². The summed E-state index contributed by atoms with van der Waals surface area (Å²) in [6, 6.07) is -1.44. The zero-order valence-corrected chi connectivity index (χ0v) is 12.5. The molecule has 0 aromatic heterocycles. The lowest BCUT2D eigenvalue weighted by atomic mass is 10.0. The number of rotatable bonds is 5. The molecule has 4 nitrogen and oxygen atoms in total. The van der Waals surface area contributed by atoms with Gasteiger partial charge in [0.15, 0.2) is 0 Å². The molecule has 2 atom stereocenters. The van der Waals surface area contributed by atoms with Gasteiger partial charge in [0.25, 0.3) is 0 Å². The molecule has 7 heteroatoms. The van der Waals surface area contributed by atoms with Gasteiger partial charge in [-0.25, -0.2) is 4.79 Å². The molecule has 0 saturated carbocycles. The van der Waals surface area contributed by atoms with Gasteiger partial charge < -0.3 is 10.1 Å². The summed E-state index contributed by atoms with van der Waals surface area (Å²) in [7, 11) is 0. The molecule has 1 amide bonds. The van der Waals surface area contributed by atoms with Crippen LogP contribution in [-0.2, 0) is 14.3 Å². The highest BCUT2D eigenvalue weighted by Crippen LogP contribution is 2.18. The molecule has 0 unspecified atom stereocenters. The van der Waals surface area contributed by atoms with Crippen LogP contribution in [0.15, 0.2) is 24.8 Å². The predicted octanol–water partition coefficient (Wildman–Crippen LogP) is 2.75. The van der Waals surface area contributed by atoms with Crippen molar-refractivity contribution in [3.63, 3.8) is 0 Å². The van der Waals surface area contributed by atoms with Crippen molar-refractivity contribution in [2.45, 2.75) is 45.5 Å². The topological polar surface area (TPSA) is 55.4 Å². The lowest BCUT2D eigenvalue weighted by Crippen LogP contribution is -2.51. The van der Waals surface area contributed by atoms with Crippen LogP contribution in [0.3, 0.4) is 0 Å². The molecule has 0 saturated heterocycles. The number of ether oxygens (including phenoxy) is 1. The fourth-order valence-corrected chi connectivity index (χ4v) is 1.36. The van der Waals surface area contributed by atoms with Gasteiger partial charge in [0.2, 0.25) is 0 Å². The van der Waals surface area contributed by atoms with Gasteiger partial charge in [0, 0.05) is 5.92 Å². The minimum atomic E-state index is -5.07. The van der Waals surface area contributed by atoms with E-state index < -0.39 is 35.6 Å². The van der Waals surface area contributed by atoms with E-state index >= 15 is 0 Å². The Kier molecular flexibility index (Phi) is 6.66. The van der Waals surface area contributed by atoms with E-state index in [0.717, 1.165) is 0 Å². The van der Waals surface area contributed by atoms with E-state index in [1.165, 1.54) is 25.2 Å². The number of nitrogens with one attached hydrogen (secondary N) is 1. The number of hydrogen-bond donors (Lipinski definition) is 1. The largest absolute Gasteiger partial charge is 0.471 e. The lowest BCUT2D eigenvalue weighted by molar-refractivity contribution is -0.177. The minimum Gasteiger partial charge on any atom is -0.458 e. The van der Waals surface area contributed by atoms with Crippen LogP contribution in [-0.4, -0.2) is 29.7 Å². The maximum absolute atomic E-state index is 12.3. The molecule has 0 rings (SSSR count). The molecule has 0 aliphatic heterocycles. The van der Waals surface area contributed by atoms with E-state index in [-0.39, 0.29) is 0 Å². The van der Waals surface area contributed by atoms with Crippen LogP contribution >= 0.6 is 0 Å². The SMILES string of the molecule is C=C/C=C/[C@@H](C)[C@@H](NC(=O)C(F)(F)F)C(=O)OC(C)(C)C. The molecule has 0 heterocycles. The van der Waals surface area contributed by atoms with Gasteiger partial charge in [-0.2, -0.15) is 13.2 Å². The first kappa shape index (κ1) is 19.2. The third-order valence-electron chi connectivity index (χ3n) is 2.28. The van der Waals surface area contributed by atoms with E-state index in [1.807, 2.05) is 0 Å². The molecule has 0 radical (unpaired) electrons. The van der Waals surface area contributed by atoms with Gasteiger partial charge in [-0.05, 0) is 20.8 Å². The summed E-state index contributed by atoms with van der Waals surface area (Å²) in [4.78, 5) is 23.0. The monoisotopic (exact) mass is 307 g/mol. The van der Waals surface area contributed by atoms with E-state index in [1.54, 1.807) is 26.1 Å². The third kappa shape index (κ3) is 7.53. The maximum Gasteiger partial charge on any atom is 0.471 e. The van der Waals surface area contributed by atoms with Gasteiger partial charge in [0.05, 0.1) is 0 Å². The molecule has 0 fully saturated rings. The number of esters is 1. The van der Waals surface area contributed by atoms with Crippen molar-refractivity contribution in [3.05, 3.63) is 24.8 Å². The molecule has 0 spiro atoms. The van der Waals surface area contributed by atoms with E-state index in [9.17, 15) is 22.8 Å². The first-order chi connectivity index (χ1) is 9.38. The van der Waals surface area contributed by atoms with E-state index in [0.29, 0.717) is 0 Å². The maximum atomic E-state index is 12.3. The van der Waals surface area contributed by atoms with Gasteiger partial charge >= 0.3 is 18.1 Å². The molecule has 0 aliphatic carbocycles. The Morgan fingerprint density at radius 2 is 1.76 bits per heavy atom. The summed E-state index contributed by atoms with van der Waals surface area (Å²) < 4.78 is 42.0. The lowest BCUT2D eigenvalue weighted by Gasteiger charge is -2.27. The molecule has 1 N–H and O–H groups in total. The minimum absolute atomic E-state index is 0.691. The van der Waals surface area contributed by atoms with Gasteiger partial charge in [-0.3, -0.25) is 4.79 Å². The standard InChI is InChI=1S/C14H20F3NO3/c1-6-7-8-9(2)10(11(19)21-13(3,4)5)18-12(20)14(15,16)17/h6-10H,1H2,2-5H3,(H,18,20)/b8-7+/t9-,10-/m1/s1. The average molecular weight is 307 g/mol. The fraction of sp³-hybridized carbons (Fsp3) is 0.571. The highest BCUT2D eigenvalue weighted by Gasteiger charge is 2.42. The number of amides is 1. The van der Waals surface area contributed by atoms with E-state index in [4.69, 9.17) is 4.74 Å². The molecule has 0 bridgehead atoms. The summed E-state index contributed by atoms with van der Waals surface area (Å²) >= 11 is 0. The highest BCUT2D eigenvalue weighted by molar-refractivity contribution is 5.88. The quantitative estimate of drug-likeness (QED) is 0.627. The number of carbonyl (C=O) groups is 2. The number of halogens is 3. The van der Waals surface area contributed by atoms with Crippen molar-refractivity contribution >= 4 is 11.9 Å². The number of alkyl halides is 3.